The van der Waals surface area contributed by atoms with Crippen molar-refractivity contribution in [1.82, 2.24) is 10.2 Å². The Morgan fingerprint density at radius 3 is 2.38 bits per heavy atom. The number of urea groups is 1. The molecule has 6 nitrogen and oxygen atoms in total. The van der Waals surface area contributed by atoms with Crippen LogP contribution in [-0.4, -0.2) is 43.0 Å². The first-order chi connectivity index (χ1) is 12.6. The molecule has 0 spiro atoms. The van der Waals surface area contributed by atoms with E-state index in [1.165, 1.54) is 6.92 Å². The van der Waals surface area contributed by atoms with Gasteiger partial charge in [0.1, 0.15) is 0 Å². The van der Waals surface area contributed by atoms with Gasteiger partial charge in [-0.05, 0) is 23.8 Å². The summed E-state index contributed by atoms with van der Waals surface area (Å²) >= 11 is 0. The Hall–Kier alpha value is -3.02. The summed E-state index contributed by atoms with van der Waals surface area (Å²) in [7, 11) is 0. The lowest BCUT2D eigenvalue weighted by Gasteiger charge is -2.36. The fraction of sp³-hybridized carbons (Fsp3) is 0.300. The second-order valence-corrected chi connectivity index (χ2v) is 6.35. The minimum absolute atomic E-state index is 0.0273. The molecule has 0 aliphatic carbocycles. The Morgan fingerprint density at radius 2 is 1.69 bits per heavy atom. The minimum atomic E-state index is -0.0814. The molecule has 26 heavy (non-hydrogen) atoms. The summed E-state index contributed by atoms with van der Waals surface area (Å²) in [5.74, 6) is -0.0814. The van der Waals surface area contributed by atoms with E-state index in [-0.39, 0.29) is 11.9 Å². The molecule has 3 amide bonds. The number of rotatable bonds is 4. The predicted molar refractivity (Wildman–Crippen MR) is 103 cm³/mol. The Labute approximate surface area is 153 Å². The summed E-state index contributed by atoms with van der Waals surface area (Å²) in [6, 6.07) is 17.7. The number of nitrogens with one attached hydrogen (secondary N) is 2. The Balaban J connectivity index is 1.51. The number of carbonyl (C=O) groups is 2. The molecule has 2 aromatic rings. The van der Waals surface area contributed by atoms with Crippen molar-refractivity contribution in [2.24, 2.45) is 0 Å². The molecule has 0 atom stereocenters. The summed E-state index contributed by atoms with van der Waals surface area (Å²) in [4.78, 5) is 27.6. The molecule has 136 valence electrons. The van der Waals surface area contributed by atoms with Gasteiger partial charge in [-0.15, -0.1) is 0 Å². The third kappa shape index (κ3) is 4.75. The monoisotopic (exact) mass is 352 g/mol. The average molecular weight is 352 g/mol. The number of carbonyl (C=O) groups excluding carboxylic acids is 2. The number of anilines is 2. The standard InChI is InChI=1S/C20H24N4O2/c1-16(25)22-18-8-5-9-19(14-18)23-10-12-24(13-11-23)20(26)21-15-17-6-3-2-4-7-17/h2-9,14H,10-13,15H2,1H3,(H,21,26)(H,22,25). The average Bonchev–Trinajstić information content (AvgIpc) is 2.67. The maximum Gasteiger partial charge on any atom is 0.317 e. The third-order valence-corrected chi connectivity index (χ3v) is 4.39. The number of hydrogen-bond acceptors (Lipinski definition) is 3. The van der Waals surface area contributed by atoms with E-state index in [2.05, 4.69) is 15.5 Å². The Bertz CT molecular complexity index is 755. The third-order valence-electron chi connectivity index (χ3n) is 4.39. The Kier molecular flexibility index (Phi) is 5.73. The second kappa shape index (κ2) is 8.38. The second-order valence-electron chi connectivity index (χ2n) is 6.35. The van der Waals surface area contributed by atoms with E-state index < -0.39 is 0 Å². The number of hydrogen-bond donors (Lipinski definition) is 2. The molecule has 3 rings (SSSR count). The van der Waals surface area contributed by atoms with Gasteiger partial charge in [-0.1, -0.05) is 36.4 Å². The molecule has 0 bridgehead atoms. The molecule has 6 heteroatoms. The molecule has 0 unspecified atom stereocenters. The van der Waals surface area contributed by atoms with Gasteiger partial charge in [0.2, 0.25) is 5.91 Å². The van der Waals surface area contributed by atoms with Gasteiger partial charge in [-0.2, -0.15) is 0 Å². The van der Waals surface area contributed by atoms with Crippen LogP contribution in [-0.2, 0) is 11.3 Å². The molecule has 0 aromatic heterocycles. The van der Waals surface area contributed by atoms with Crippen molar-refractivity contribution < 1.29 is 9.59 Å². The van der Waals surface area contributed by atoms with Gasteiger partial charge < -0.3 is 20.4 Å². The highest BCUT2D eigenvalue weighted by Crippen LogP contribution is 2.21. The lowest BCUT2D eigenvalue weighted by atomic mass is 10.2. The van der Waals surface area contributed by atoms with Crippen LogP contribution in [0.1, 0.15) is 12.5 Å². The largest absolute Gasteiger partial charge is 0.368 e. The van der Waals surface area contributed by atoms with Crippen molar-refractivity contribution >= 4 is 23.3 Å². The fourth-order valence-corrected chi connectivity index (χ4v) is 3.04. The topological polar surface area (TPSA) is 64.7 Å². The maximum absolute atomic E-state index is 12.3. The zero-order chi connectivity index (χ0) is 18.4. The van der Waals surface area contributed by atoms with Gasteiger partial charge in [0.25, 0.3) is 0 Å². The maximum atomic E-state index is 12.3. The van der Waals surface area contributed by atoms with Crippen LogP contribution >= 0.6 is 0 Å². The summed E-state index contributed by atoms with van der Waals surface area (Å²) in [5.41, 5.74) is 2.94. The minimum Gasteiger partial charge on any atom is -0.368 e. The fourth-order valence-electron chi connectivity index (χ4n) is 3.04. The summed E-state index contributed by atoms with van der Waals surface area (Å²) in [5, 5.41) is 5.78. The van der Waals surface area contributed by atoms with Crippen LogP contribution in [0.5, 0.6) is 0 Å². The number of amides is 3. The van der Waals surface area contributed by atoms with E-state index in [0.29, 0.717) is 19.6 Å². The van der Waals surface area contributed by atoms with Gasteiger partial charge in [-0.3, -0.25) is 4.79 Å². The van der Waals surface area contributed by atoms with Crippen LogP contribution in [0.4, 0.5) is 16.2 Å². The van der Waals surface area contributed by atoms with E-state index in [1.54, 1.807) is 0 Å². The zero-order valence-corrected chi connectivity index (χ0v) is 14.9. The van der Waals surface area contributed by atoms with Crippen LogP contribution in [0.25, 0.3) is 0 Å². The summed E-state index contributed by atoms with van der Waals surface area (Å²) in [6.07, 6.45) is 0. The first-order valence-corrected chi connectivity index (χ1v) is 8.81. The summed E-state index contributed by atoms with van der Waals surface area (Å²) in [6.45, 7) is 4.92. The van der Waals surface area contributed by atoms with Crippen molar-refractivity contribution in [2.45, 2.75) is 13.5 Å². The molecule has 1 saturated heterocycles. The molecule has 1 aliphatic heterocycles. The Morgan fingerprint density at radius 1 is 0.962 bits per heavy atom. The SMILES string of the molecule is CC(=O)Nc1cccc(N2CCN(C(=O)NCc3ccccc3)CC2)c1. The lowest BCUT2D eigenvalue weighted by Crippen LogP contribution is -2.51. The molecule has 1 aliphatic rings. The van der Waals surface area contributed by atoms with Crippen LogP contribution < -0.4 is 15.5 Å². The van der Waals surface area contributed by atoms with Gasteiger partial charge >= 0.3 is 6.03 Å². The van der Waals surface area contributed by atoms with Crippen molar-refractivity contribution in [2.75, 3.05) is 36.4 Å². The molecule has 1 fully saturated rings. The van der Waals surface area contributed by atoms with Crippen molar-refractivity contribution in [3.8, 4) is 0 Å². The normalized spacial score (nSPS) is 14.0. The number of nitrogens with zero attached hydrogens (tertiary/aromatic N) is 2. The van der Waals surface area contributed by atoms with Crippen LogP contribution in [0, 0.1) is 0 Å². The molecular formula is C20H24N4O2. The molecule has 0 radical (unpaired) electrons. The van der Waals surface area contributed by atoms with E-state index in [4.69, 9.17) is 0 Å². The van der Waals surface area contributed by atoms with Crippen molar-refractivity contribution in [3.63, 3.8) is 0 Å². The van der Waals surface area contributed by atoms with Gasteiger partial charge in [-0.25, -0.2) is 4.79 Å². The van der Waals surface area contributed by atoms with E-state index >= 15 is 0 Å². The molecule has 2 N–H and O–H groups in total. The van der Waals surface area contributed by atoms with Crippen LogP contribution in [0.2, 0.25) is 0 Å². The first-order valence-electron chi connectivity index (χ1n) is 8.81. The highest BCUT2D eigenvalue weighted by atomic mass is 16.2. The smallest absolute Gasteiger partial charge is 0.317 e. The highest BCUT2D eigenvalue weighted by molar-refractivity contribution is 5.89. The number of piperazine rings is 1. The van der Waals surface area contributed by atoms with Crippen LogP contribution in [0.15, 0.2) is 54.6 Å². The number of benzene rings is 2. The predicted octanol–water partition coefficient (Wildman–Crippen LogP) is 2.68. The quantitative estimate of drug-likeness (QED) is 0.889. The molecule has 1 heterocycles. The van der Waals surface area contributed by atoms with E-state index in [9.17, 15) is 9.59 Å². The van der Waals surface area contributed by atoms with Gasteiger partial charge in [0, 0.05) is 51.0 Å². The molecule has 0 saturated carbocycles. The molecule has 2 aromatic carbocycles. The zero-order valence-electron chi connectivity index (χ0n) is 14.9. The van der Waals surface area contributed by atoms with Crippen LogP contribution in [0.3, 0.4) is 0 Å². The molecular weight excluding hydrogens is 328 g/mol. The summed E-state index contributed by atoms with van der Waals surface area (Å²) < 4.78 is 0. The highest BCUT2D eigenvalue weighted by Gasteiger charge is 2.21. The van der Waals surface area contributed by atoms with Gasteiger partial charge in [0.15, 0.2) is 0 Å². The van der Waals surface area contributed by atoms with E-state index in [0.717, 1.165) is 30.0 Å². The lowest BCUT2D eigenvalue weighted by molar-refractivity contribution is -0.114. The van der Waals surface area contributed by atoms with Crippen molar-refractivity contribution in [1.29, 1.82) is 0 Å². The van der Waals surface area contributed by atoms with Gasteiger partial charge in [0.05, 0.1) is 0 Å². The first kappa shape index (κ1) is 17.8. The van der Waals surface area contributed by atoms with E-state index in [1.807, 2.05) is 59.5 Å². The van der Waals surface area contributed by atoms with Crippen molar-refractivity contribution in [3.05, 3.63) is 60.2 Å².